The first-order valence-corrected chi connectivity index (χ1v) is 3.82. The van der Waals surface area contributed by atoms with Crippen molar-refractivity contribution in [3.8, 4) is 12.1 Å². The van der Waals surface area contributed by atoms with Gasteiger partial charge in [0.15, 0.2) is 11.4 Å². The summed E-state index contributed by atoms with van der Waals surface area (Å²) in [5.41, 5.74) is 0.370. The number of hydrogen-bond donors (Lipinski definition) is 1. The molecule has 0 unspecified atom stereocenters. The summed E-state index contributed by atoms with van der Waals surface area (Å²) >= 11 is 9.53. The number of nitrogens with one attached hydrogen (secondary N) is 1. The van der Waals surface area contributed by atoms with Crippen LogP contribution < -0.4 is 0 Å². The largest absolute Gasteiger partial charge is 0.335 e. The van der Waals surface area contributed by atoms with Crippen molar-refractivity contribution in [3.05, 3.63) is 17.7 Å². The number of rotatable bonds is 0. The molecule has 1 aromatic heterocycles. The molecule has 0 bridgehead atoms. The van der Waals surface area contributed by atoms with Gasteiger partial charge in [-0.25, -0.2) is 4.98 Å². The number of nitriles is 2. The topological polar surface area (TPSA) is 76.3 Å². The Bertz CT molecular complexity index is 278. The van der Waals surface area contributed by atoms with Crippen molar-refractivity contribution in [3.63, 3.8) is 0 Å². The first kappa shape index (κ1) is 10.8. The van der Waals surface area contributed by atoms with Crippen LogP contribution in [-0.2, 0) is 0 Å². The molecule has 0 aromatic carbocycles. The Hall–Kier alpha value is -1.23. The van der Waals surface area contributed by atoms with E-state index in [-0.39, 0.29) is 16.7 Å². The number of halogens is 2. The number of aromatic amines is 1. The van der Waals surface area contributed by atoms with Gasteiger partial charge >= 0.3 is 0 Å². The van der Waals surface area contributed by atoms with E-state index in [1.54, 1.807) is 12.1 Å². The fourth-order valence-corrected chi connectivity index (χ4v) is 0.464. The van der Waals surface area contributed by atoms with Gasteiger partial charge in [-0.3, -0.25) is 0 Å². The SMILES string of the molecule is ClCCl.N#Cc1nc[nH]c1C#N. The third-order valence-electron chi connectivity index (χ3n) is 0.857. The minimum Gasteiger partial charge on any atom is -0.335 e. The Kier molecular flexibility index (Phi) is 5.81. The highest BCUT2D eigenvalue weighted by Crippen LogP contribution is 1.95. The lowest BCUT2D eigenvalue weighted by Crippen LogP contribution is -1.77. The molecule has 4 nitrogen and oxygen atoms in total. The van der Waals surface area contributed by atoms with Crippen molar-refractivity contribution in [2.45, 2.75) is 0 Å². The lowest BCUT2D eigenvalue weighted by molar-refractivity contribution is 1.29. The van der Waals surface area contributed by atoms with Gasteiger partial charge in [0, 0.05) is 0 Å². The number of H-pyrrole nitrogens is 1. The summed E-state index contributed by atoms with van der Waals surface area (Å²) in [6, 6.07) is 3.55. The van der Waals surface area contributed by atoms with E-state index in [9.17, 15) is 0 Å². The normalized spacial score (nSPS) is 7.33. The van der Waals surface area contributed by atoms with Gasteiger partial charge in [-0.15, -0.1) is 23.2 Å². The average Bonchev–Trinajstić information content (AvgIpc) is 2.52. The fourth-order valence-electron chi connectivity index (χ4n) is 0.464. The smallest absolute Gasteiger partial charge is 0.176 e. The van der Waals surface area contributed by atoms with Gasteiger partial charge < -0.3 is 4.98 Å². The molecular weight excluding hydrogens is 199 g/mol. The zero-order chi connectivity index (χ0) is 9.40. The second-order valence-corrected chi connectivity index (χ2v) is 2.26. The molecule has 0 saturated heterocycles. The van der Waals surface area contributed by atoms with E-state index in [0.29, 0.717) is 0 Å². The Balaban J connectivity index is 0.000000354. The quantitative estimate of drug-likeness (QED) is 0.650. The molecule has 62 valence electrons. The van der Waals surface area contributed by atoms with Crippen LogP contribution in [0, 0.1) is 22.7 Å². The van der Waals surface area contributed by atoms with Crippen LogP contribution >= 0.6 is 23.2 Å². The zero-order valence-corrected chi connectivity index (χ0v) is 7.39. The predicted molar refractivity (Wildman–Crippen MR) is 44.6 cm³/mol. The number of aromatic nitrogens is 2. The molecule has 1 N–H and O–H groups in total. The van der Waals surface area contributed by atoms with E-state index in [4.69, 9.17) is 33.7 Å². The van der Waals surface area contributed by atoms with Gasteiger partial charge in [0.1, 0.15) is 12.1 Å². The van der Waals surface area contributed by atoms with Gasteiger partial charge in [0.2, 0.25) is 0 Å². The molecule has 0 aliphatic carbocycles. The Morgan fingerprint density at radius 1 is 1.42 bits per heavy atom. The van der Waals surface area contributed by atoms with Crippen LogP contribution in [0.25, 0.3) is 0 Å². The summed E-state index contributed by atoms with van der Waals surface area (Å²) in [6.45, 7) is 0. The summed E-state index contributed by atoms with van der Waals surface area (Å²) in [4.78, 5) is 6.08. The van der Waals surface area contributed by atoms with E-state index in [1.165, 1.54) is 6.33 Å². The molecule has 0 spiro atoms. The summed E-state index contributed by atoms with van der Waals surface area (Å²) in [6.07, 6.45) is 1.32. The maximum absolute atomic E-state index is 8.27. The van der Waals surface area contributed by atoms with E-state index in [1.807, 2.05) is 0 Å². The van der Waals surface area contributed by atoms with Crippen molar-refractivity contribution in [1.82, 2.24) is 9.97 Å². The van der Waals surface area contributed by atoms with Crippen LogP contribution in [0.15, 0.2) is 6.33 Å². The van der Waals surface area contributed by atoms with Gasteiger partial charge in [0.25, 0.3) is 0 Å². The Labute approximate surface area is 79.4 Å². The molecule has 12 heavy (non-hydrogen) atoms. The first-order chi connectivity index (χ1) is 5.79. The summed E-state index contributed by atoms with van der Waals surface area (Å²) in [7, 11) is 0. The molecule has 6 heteroatoms. The standard InChI is InChI=1S/C5H2N4.CH2Cl2/c6-1-4-5(2-7)9-3-8-4;2-1-3/h3H,(H,8,9);1H2. The summed E-state index contributed by atoms with van der Waals surface area (Å²) in [5, 5.41) is 16.7. The van der Waals surface area contributed by atoms with Gasteiger partial charge in [-0.05, 0) is 0 Å². The third-order valence-corrected chi connectivity index (χ3v) is 0.857. The fraction of sp³-hybridized carbons (Fsp3) is 0.167. The van der Waals surface area contributed by atoms with Crippen LogP contribution in [0.2, 0.25) is 0 Å². The van der Waals surface area contributed by atoms with Crippen molar-refractivity contribution in [2.24, 2.45) is 0 Å². The van der Waals surface area contributed by atoms with Crippen LogP contribution in [0.3, 0.4) is 0 Å². The highest BCUT2D eigenvalue weighted by atomic mass is 35.5. The molecule has 0 aliphatic rings. The lowest BCUT2D eigenvalue weighted by atomic mass is 10.4. The highest BCUT2D eigenvalue weighted by molar-refractivity contribution is 6.40. The Morgan fingerprint density at radius 3 is 2.33 bits per heavy atom. The average molecular weight is 203 g/mol. The third kappa shape index (κ3) is 3.25. The monoisotopic (exact) mass is 202 g/mol. The minimum atomic E-state index is 0.150. The number of nitrogens with zero attached hydrogens (tertiary/aromatic N) is 3. The zero-order valence-electron chi connectivity index (χ0n) is 5.88. The molecule has 1 rings (SSSR count). The van der Waals surface area contributed by atoms with Crippen molar-refractivity contribution >= 4 is 23.2 Å². The van der Waals surface area contributed by atoms with E-state index < -0.39 is 0 Å². The summed E-state index contributed by atoms with van der Waals surface area (Å²) < 4.78 is 0. The van der Waals surface area contributed by atoms with Crippen LogP contribution in [0.4, 0.5) is 0 Å². The van der Waals surface area contributed by atoms with Crippen molar-refractivity contribution in [2.75, 3.05) is 5.34 Å². The predicted octanol–water partition coefficient (Wildman–Crippen LogP) is 1.57. The number of alkyl halides is 2. The molecule has 0 amide bonds. The van der Waals surface area contributed by atoms with E-state index in [2.05, 4.69) is 9.97 Å². The molecule has 0 radical (unpaired) electrons. The van der Waals surface area contributed by atoms with E-state index in [0.717, 1.165) is 0 Å². The molecule has 1 heterocycles. The lowest BCUT2D eigenvalue weighted by Gasteiger charge is -1.73. The van der Waals surface area contributed by atoms with Crippen LogP contribution in [-0.4, -0.2) is 15.3 Å². The first-order valence-electron chi connectivity index (χ1n) is 2.75. The summed E-state index contributed by atoms with van der Waals surface area (Å²) in [5.74, 6) is 0. The van der Waals surface area contributed by atoms with Crippen molar-refractivity contribution < 1.29 is 0 Å². The minimum absolute atomic E-state index is 0.150. The maximum atomic E-state index is 8.27. The molecule has 0 aliphatic heterocycles. The highest BCUT2D eigenvalue weighted by Gasteiger charge is 1.99. The molecular formula is C6H4Cl2N4. The molecule has 0 atom stereocenters. The number of imidazole rings is 1. The maximum Gasteiger partial charge on any atom is 0.176 e. The number of hydrogen-bond acceptors (Lipinski definition) is 3. The molecule has 0 saturated carbocycles. The van der Waals surface area contributed by atoms with Crippen molar-refractivity contribution in [1.29, 1.82) is 10.5 Å². The molecule has 0 fully saturated rings. The van der Waals surface area contributed by atoms with Gasteiger partial charge in [-0.2, -0.15) is 10.5 Å². The van der Waals surface area contributed by atoms with Gasteiger partial charge in [0.05, 0.1) is 11.7 Å². The molecule has 1 aromatic rings. The van der Waals surface area contributed by atoms with E-state index >= 15 is 0 Å². The Morgan fingerprint density at radius 2 is 2.00 bits per heavy atom. The van der Waals surface area contributed by atoms with Crippen LogP contribution in [0.1, 0.15) is 11.4 Å². The second kappa shape index (κ2) is 6.48. The van der Waals surface area contributed by atoms with Crippen LogP contribution in [0.5, 0.6) is 0 Å². The van der Waals surface area contributed by atoms with Gasteiger partial charge in [-0.1, -0.05) is 0 Å². The second-order valence-electron chi connectivity index (χ2n) is 1.45.